The van der Waals surface area contributed by atoms with Gasteiger partial charge in [0, 0.05) is 17.6 Å². The van der Waals surface area contributed by atoms with Gasteiger partial charge in [-0.2, -0.15) is 13.2 Å². The number of nitrogens with one attached hydrogen (secondary N) is 1. The smallest absolute Gasteiger partial charge is 0.352 e. The molecule has 1 N–H and O–H groups in total. The SMILES string of the molecule is Cc1ccc(S(=O)(=O)N(CC(=O)N(Cc2ccccc2Cl)[C@@H](C)C(=O)NC2CCCC2)c2ccc(Cl)c(C(F)(F)F)c2)cc1. The monoisotopic (exact) mass is 669 g/mol. The van der Waals surface area contributed by atoms with E-state index in [-0.39, 0.29) is 17.5 Å². The van der Waals surface area contributed by atoms with Crippen LogP contribution >= 0.6 is 23.2 Å². The molecule has 0 saturated heterocycles. The zero-order valence-corrected chi connectivity index (χ0v) is 26.4. The van der Waals surface area contributed by atoms with Crippen LogP contribution in [-0.2, 0) is 32.3 Å². The maximum atomic E-state index is 14.1. The van der Waals surface area contributed by atoms with Gasteiger partial charge in [0.2, 0.25) is 11.8 Å². The van der Waals surface area contributed by atoms with Crippen LogP contribution in [0.25, 0.3) is 0 Å². The van der Waals surface area contributed by atoms with E-state index in [0.29, 0.717) is 21.0 Å². The van der Waals surface area contributed by atoms with Crippen molar-refractivity contribution in [2.45, 2.75) is 69.2 Å². The quantitative estimate of drug-likeness (QED) is 0.252. The van der Waals surface area contributed by atoms with Crippen LogP contribution in [0.3, 0.4) is 0 Å². The van der Waals surface area contributed by atoms with Crippen molar-refractivity contribution in [3.63, 3.8) is 0 Å². The summed E-state index contributed by atoms with van der Waals surface area (Å²) in [6, 6.07) is 13.9. The second kappa shape index (κ2) is 13.8. The molecule has 3 aromatic rings. The number of amides is 2. The van der Waals surface area contributed by atoms with Crippen LogP contribution in [0.15, 0.2) is 71.6 Å². The number of rotatable bonds is 10. The molecule has 13 heteroatoms. The summed E-state index contributed by atoms with van der Waals surface area (Å²) < 4.78 is 69.9. The summed E-state index contributed by atoms with van der Waals surface area (Å²) in [6.45, 7) is 2.21. The van der Waals surface area contributed by atoms with Crippen LogP contribution in [0.1, 0.15) is 49.3 Å². The van der Waals surface area contributed by atoms with Gasteiger partial charge in [-0.05, 0) is 68.7 Å². The zero-order valence-electron chi connectivity index (χ0n) is 24.1. The van der Waals surface area contributed by atoms with Crippen molar-refractivity contribution in [1.29, 1.82) is 0 Å². The molecular formula is C31H32Cl2F3N3O4S. The molecule has 4 rings (SSSR count). The van der Waals surface area contributed by atoms with Crippen molar-refractivity contribution < 1.29 is 31.2 Å². The summed E-state index contributed by atoms with van der Waals surface area (Å²) >= 11 is 12.2. The third-order valence-corrected chi connectivity index (χ3v) is 10.1. The largest absolute Gasteiger partial charge is 0.417 e. The van der Waals surface area contributed by atoms with Crippen LogP contribution in [0.2, 0.25) is 10.0 Å². The molecule has 0 unspecified atom stereocenters. The molecule has 0 aromatic heterocycles. The number of carbonyl (C=O) groups excluding carboxylic acids is 2. The van der Waals surface area contributed by atoms with Crippen LogP contribution in [0.4, 0.5) is 18.9 Å². The lowest BCUT2D eigenvalue weighted by Crippen LogP contribution is -2.52. The van der Waals surface area contributed by atoms with E-state index in [1.165, 1.54) is 36.1 Å². The predicted molar refractivity (Wildman–Crippen MR) is 164 cm³/mol. The molecule has 1 aliphatic rings. The van der Waals surface area contributed by atoms with Gasteiger partial charge in [-0.3, -0.25) is 13.9 Å². The van der Waals surface area contributed by atoms with Crippen LogP contribution in [0, 0.1) is 6.92 Å². The zero-order chi connectivity index (χ0) is 32.2. The average Bonchev–Trinajstić information content (AvgIpc) is 3.48. The molecule has 0 heterocycles. The van der Waals surface area contributed by atoms with Gasteiger partial charge in [0.15, 0.2) is 0 Å². The maximum Gasteiger partial charge on any atom is 0.417 e. The fraction of sp³-hybridized carbons (Fsp3) is 0.355. The predicted octanol–water partition coefficient (Wildman–Crippen LogP) is 6.99. The summed E-state index contributed by atoms with van der Waals surface area (Å²) in [4.78, 5) is 28.3. The Hall–Kier alpha value is -3.28. The van der Waals surface area contributed by atoms with E-state index >= 15 is 0 Å². The lowest BCUT2D eigenvalue weighted by atomic mass is 10.1. The molecule has 3 aromatic carbocycles. The minimum atomic E-state index is -4.89. The Bertz CT molecular complexity index is 1610. The minimum Gasteiger partial charge on any atom is -0.352 e. The van der Waals surface area contributed by atoms with Crippen LogP contribution in [-0.4, -0.2) is 43.8 Å². The van der Waals surface area contributed by atoms with E-state index < -0.39 is 56.9 Å². The summed E-state index contributed by atoms with van der Waals surface area (Å²) in [6.07, 6.45) is -1.35. The molecule has 1 aliphatic carbocycles. The molecule has 2 amide bonds. The van der Waals surface area contributed by atoms with Gasteiger partial charge in [0.05, 0.1) is 21.2 Å². The molecule has 1 saturated carbocycles. The van der Waals surface area contributed by atoms with E-state index in [1.807, 2.05) is 0 Å². The van der Waals surface area contributed by atoms with Gasteiger partial charge in [0.25, 0.3) is 10.0 Å². The third kappa shape index (κ3) is 7.86. The molecule has 44 heavy (non-hydrogen) atoms. The molecule has 7 nitrogen and oxygen atoms in total. The first kappa shape index (κ1) is 33.6. The lowest BCUT2D eigenvalue weighted by Gasteiger charge is -2.33. The van der Waals surface area contributed by atoms with Gasteiger partial charge in [-0.25, -0.2) is 8.42 Å². The molecular weight excluding hydrogens is 638 g/mol. The van der Waals surface area contributed by atoms with Gasteiger partial charge >= 0.3 is 6.18 Å². The average molecular weight is 671 g/mol. The Morgan fingerprint density at radius 2 is 1.61 bits per heavy atom. The highest BCUT2D eigenvalue weighted by Crippen LogP contribution is 2.38. The topological polar surface area (TPSA) is 86.8 Å². The second-order valence-corrected chi connectivity index (χ2v) is 13.4. The number of nitrogens with zero attached hydrogens (tertiary/aromatic N) is 2. The van der Waals surface area contributed by atoms with E-state index in [0.717, 1.165) is 43.4 Å². The molecule has 0 radical (unpaired) electrons. The number of hydrogen-bond acceptors (Lipinski definition) is 4. The number of carbonyl (C=O) groups is 2. The first-order valence-electron chi connectivity index (χ1n) is 14.0. The van der Waals surface area contributed by atoms with Crippen LogP contribution < -0.4 is 9.62 Å². The number of benzene rings is 3. The maximum absolute atomic E-state index is 14.1. The fourth-order valence-electron chi connectivity index (χ4n) is 5.04. The Kier molecular flexibility index (Phi) is 10.5. The Morgan fingerprint density at radius 3 is 2.23 bits per heavy atom. The molecule has 236 valence electrons. The molecule has 0 aliphatic heterocycles. The van der Waals surface area contributed by atoms with Crippen molar-refractivity contribution in [3.8, 4) is 0 Å². The van der Waals surface area contributed by atoms with Gasteiger partial charge in [0.1, 0.15) is 12.6 Å². The standard InChI is InChI=1S/C31H32Cl2F3N3O4S/c1-20-11-14-25(15-12-20)44(42,43)39(24-13-16-28(33)26(17-24)31(34,35)36)19-29(40)38(18-22-7-3-6-10-27(22)32)21(2)30(41)37-23-8-4-5-9-23/h3,6-7,10-17,21,23H,4-5,8-9,18-19H2,1-2H3,(H,37,41)/t21-/m0/s1. The Morgan fingerprint density at radius 1 is 0.977 bits per heavy atom. The van der Waals surface area contributed by atoms with E-state index in [2.05, 4.69) is 5.32 Å². The van der Waals surface area contributed by atoms with Crippen molar-refractivity contribution in [3.05, 3.63) is 93.5 Å². The van der Waals surface area contributed by atoms with Crippen molar-refractivity contribution in [2.24, 2.45) is 0 Å². The highest BCUT2D eigenvalue weighted by atomic mass is 35.5. The van der Waals surface area contributed by atoms with Crippen molar-refractivity contribution >= 4 is 50.7 Å². The molecule has 0 bridgehead atoms. The summed E-state index contributed by atoms with van der Waals surface area (Å²) in [5.74, 6) is -1.26. The number of aryl methyl sites for hydroxylation is 1. The van der Waals surface area contributed by atoms with Crippen molar-refractivity contribution in [1.82, 2.24) is 10.2 Å². The summed E-state index contributed by atoms with van der Waals surface area (Å²) in [5, 5.41) is 2.65. The first-order chi connectivity index (χ1) is 20.7. The summed E-state index contributed by atoms with van der Waals surface area (Å²) in [7, 11) is -4.57. The van der Waals surface area contributed by atoms with Gasteiger partial charge in [-0.1, -0.05) is 71.9 Å². The number of sulfonamides is 1. The minimum absolute atomic E-state index is 0.0458. The molecule has 1 atom stereocenters. The summed E-state index contributed by atoms with van der Waals surface area (Å²) in [5.41, 5.74) is -0.422. The normalized spacial score (nSPS) is 14.7. The van der Waals surface area contributed by atoms with E-state index in [1.54, 1.807) is 31.2 Å². The molecule has 0 spiro atoms. The van der Waals surface area contributed by atoms with Gasteiger partial charge < -0.3 is 10.2 Å². The van der Waals surface area contributed by atoms with E-state index in [9.17, 15) is 31.2 Å². The highest BCUT2D eigenvalue weighted by Gasteiger charge is 2.37. The number of hydrogen-bond donors (Lipinski definition) is 1. The number of alkyl halides is 3. The fourth-order valence-corrected chi connectivity index (χ4v) is 6.86. The number of halogens is 5. The van der Waals surface area contributed by atoms with E-state index in [4.69, 9.17) is 23.2 Å². The second-order valence-electron chi connectivity index (χ2n) is 10.8. The lowest BCUT2D eigenvalue weighted by molar-refractivity contribution is -0.139. The van der Waals surface area contributed by atoms with Crippen molar-refractivity contribution in [2.75, 3.05) is 10.8 Å². The number of anilines is 1. The van der Waals surface area contributed by atoms with Gasteiger partial charge in [-0.15, -0.1) is 0 Å². The highest BCUT2D eigenvalue weighted by molar-refractivity contribution is 7.92. The molecule has 1 fully saturated rings. The third-order valence-electron chi connectivity index (χ3n) is 7.60. The van der Waals surface area contributed by atoms with Crippen LogP contribution in [0.5, 0.6) is 0 Å². The Balaban J connectivity index is 1.76. The Labute approximate surface area is 265 Å². The first-order valence-corrected chi connectivity index (χ1v) is 16.2.